The summed E-state index contributed by atoms with van der Waals surface area (Å²) in [5.41, 5.74) is 0.909. The Morgan fingerprint density at radius 3 is 2.74 bits per heavy atom. The molecule has 7 heteroatoms. The van der Waals surface area contributed by atoms with Crippen LogP contribution >= 0.6 is 0 Å². The van der Waals surface area contributed by atoms with Gasteiger partial charge in [0.15, 0.2) is 5.96 Å². The molecule has 0 radical (unpaired) electrons. The molecular formula is C20H30N4O3. The lowest BCUT2D eigenvalue weighted by atomic mass is 10.2. The molecule has 0 saturated carbocycles. The zero-order valence-corrected chi connectivity index (χ0v) is 16.6. The van der Waals surface area contributed by atoms with Crippen molar-refractivity contribution in [3.63, 3.8) is 0 Å². The number of methoxy groups -OCH3 is 1. The van der Waals surface area contributed by atoms with E-state index in [-0.39, 0.29) is 6.04 Å². The van der Waals surface area contributed by atoms with Crippen LogP contribution in [0.4, 0.5) is 5.69 Å². The fourth-order valence-electron chi connectivity index (χ4n) is 2.58. The van der Waals surface area contributed by atoms with Gasteiger partial charge < -0.3 is 24.5 Å². The van der Waals surface area contributed by atoms with Gasteiger partial charge in [-0.25, -0.2) is 0 Å². The van der Waals surface area contributed by atoms with Crippen molar-refractivity contribution in [1.29, 1.82) is 0 Å². The second-order valence-electron chi connectivity index (χ2n) is 6.30. The highest BCUT2D eigenvalue weighted by atomic mass is 16.5. The van der Waals surface area contributed by atoms with Crippen molar-refractivity contribution in [1.82, 2.24) is 10.2 Å². The molecule has 0 aliphatic rings. The number of aliphatic imine (C=N–C) groups is 1. The molecule has 0 fully saturated rings. The van der Waals surface area contributed by atoms with Gasteiger partial charge in [-0.2, -0.15) is 0 Å². The Bertz CT molecular complexity index is 686. The summed E-state index contributed by atoms with van der Waals surface area (Å²) in [5.74, 6) is 2.41. The standard InChI is InChI=1S/C20H30N4O3/c1-21-20(22-15-18(24(2)3)19-10-6-12-27-19)23-16-8-5-9-17(14-16)26-13-7-11-25-4/h5-6,8-10,12,14,18H,7,11,13,15H2,1-4H3,(H2,21,22,23). The zero-order chi connectivity index (χ0) is 19.5. The summed E-state index contributed by atoms with van der Waals surface area (Å²) in [4.78, 5) is 6.40. The quantitative estimate of drug-likeness (QED) is 0.378. The van der Waals surface area contributed by atoms with Crippen LogP contribution in [0.5, 0.6) is 5.75 Å². The van der Waals surface area contributed by atoms with Gasteiger partial charge in [-0.15, -0.1) is 0 Å². The van der Waals surface area contributed by atoms with E-state index in [1.807, 2.05) is 50.5 Å². The van der Waals surface area contributed by atoms with Crippen LogP contribution in [0.3, 0.4) is 0 Å². The number of guanidine groups is 1. The maximum atomic E-state index is 5.74. The summed E-state index contributed by atoms with van der Waals surface area (Å²) in [6.45, 7) is 1.97. The lowest BCUT2D eigenvalue weighted by Crippen LogP contribution is -2.37. The van der Waals surface area contributed by atoms with Crippen molar-refractivity contribution in [2.75, 3.05) is 53.3 Å². The van der Waals surface area contributed by atoms with Gasteiger partial charge in [0.1, 0.15) is 11.5 Å². The predicted molar refractivity (Wildman–Crippen MR) is 109 cm³/mol. The van der Waals surface area contributed by atoms with E-state index in [0.717, 1.165) is 23.6 Å². The first kappa shape index (κ1) is 20.8. The molecule has 0 saturated heterocycles. The second kappa shape index (κ2) is 11.3. The molecule has 0 aliphatic heterocycles. The van der Waals surface area contributed by atoms with Crippen LogP contribution in [-0.4, -0.2) is 58.9 Å². The number of hydrogen-bond acceptors (Lipinski definition) is 5. The van der Waals surface area contributed by atoms with E-state index >= 15 is 0 Å². The van der Waals surface area contributed by atoms with Gasteiger partial charge in [0.25, 0.3) is 0 Å². The molecule has 148 valence electrons. The number of benzene rings is 1. The lowest BCUT2D eigenvalue weighted by molar-refractivity contribution is 0.172. The normalized spacial score (nSPS) is 12.9. The molecule has 1 atom stereocenters. The van der Waals surface area contributed by atoms with E-state index in [0.29, 0.717) is 25.7 Å². The number of furan rings is 1. The van der Waals surface area contributed by atoms with Gasteiger partial charge in [-0.3, -0.25) is 9.89 Å². The average molecular weight is 374 g/mol. The van der Waals surface area contributed by atoms with Crippen LogP contribution < -0.4 is 15.4 Å². The fraction of sp³-hybridized carbons (Fsp3) is 0.450. The van der Waals surface area contributed by atoms with Crippen LogP contribution in [0.15, 0.2) is 52.1 Å². The number of likely N-dealkylation sites (N-methyl/N-ethyl adjacent to an activating group) is 1. The fourth-order valence-corrected chi connectivity index (χ4v) is 2.58. The van der Waals surface area contributed by atoms with Crippen molar-refractivity contribution in [3.05, 3.63) is 48.4 Å². The van der Waals surface area contributed by atoms with Crippen molar-refractivity contribution in [3.8, 4) is 5.75 Å². The Labute approximate surface area is 161 Å². The van der Waals surface area contributed by atoms with Crippen molar-refractivity contribution in [2.24, 2.45) is 4.99 Å². The van der Waals surface area contributed by atoms with Gasteiger partial charge in [-0.1, -0.05) is 6.07 Å². The molecule has 2 N–H and O–H groups in total. The molecular weight excluding hydrogens is 344 g/mol. The molecule has 0 bridgehead atoms. The van der Waals surface area contributed by atoms with Gasteiger partial charge >= 0.3 is 0 Å². The average Bonchev–Trinajstić information content (AvgIpc) is 3.19. The Hall–Kier alpha value is -2.51. The van der Waals surface area contributed by atoms with Crippen LogP contribution in [0, 0.1) is 0 Å². The molecule has 2 rings (SSSR count). The van der Waals surface area contributed by atoms with Crippen LogP contribution in [0.1, 0.15) is 18.2 Å². The maximum Gasteiger partial charge on any atom is 0.195 e. The van der Waals surface area contributed by atoms with E-state index in [1.54, 1.807) is 20.4 Å². The second-order valence-corrected chi connectivity index (χ2v) is 6.30. The first-order valence-electron chi connectivity index (χ1n) is 9.03. The Kier molecular flexibility index (Phi) is 8.67. The minimum Gasteiger partial charge on any atom is -0.493 e. The van der Waals surface area contributed by atoms with Crippen LogP contribution in [0.2, 0.25) is 0 Å². The third-order valence-corrected chi connectivity index (χ3v) is 4.04. The maximum absolute atomic E-state index is 5.74. The van der Waals surface area contributed by atoms with E-state index in [4.69, 9.17) is 13.9 Å². The van der Waals surface area contributed by atoms with E-state index in [2.05, 4.69) is 20.5 Å². The summed E-state index contributed by atoms with van der Waals surface area (Å²) in [6, 6.07) is 11.8. The smallest absolute Gasteiger partial charge is 0.195 e. The summed E-state index contributed by atoms with van der Waals surface area (Å²) in [6.07, 6.45) is 2.55. The highest BCUT2D eigenvalue weighted by molar-refractivity contribution is 5.93. The molecule has 1 aromatic heterocycles. The topological polar surface area (TPSA) is 71.3 Å². The monoisotopic (exact) mass is 374 g/mol. The first-order chi connectivity index (χ1) is 13.1. The minimum atomic E-state index is 0.106. The Morgan fingerprint density at radius 2 is 2.07 bits per heavy atom. The first-order valence-corrected chi connectivity index (χ1v) is 9.03. The number of nitrogens with zero attached hydrogens (tertiary/aromatic N) is 2. The zero-order valence-electron chi connectivity index (χ0n) is 16.6. The SMILES string of the molecule is CN=C(NCC(c1ccco1)N(C)C)Nc1cccc(OCCCOC)c1. The van der Waals surface area contributed by atoms with Crippen LogP contribution in [0.25, 0.3) is 0 Å². The number of rotatable bonds is 10. The highest BCUT2D eigenvalue weighted by Crippen LogP contribution is 2.19. The van der Waals surface area contributed by atoms with Gasteiger partial charge in [-0.05, 0) is 38.4 Å². The number of anilines is 1. The molecule has 2 aromatic rings. The molecule has 7 nitrogen and oxygen atoms in total. The molecule has 1 unspecified atom stereocenters. The third kappa shape index (κ3) is 6.96. The molecule has 0 amide bonds. The Balaban J connectivity index is 1.90. The molecule has 0 aliphatic carbocycles. The van der Waals surface area contributed by atoms with Crippen molar-refractivity contribution >= 4 is 11.6 Å². The summed E-state index contributed by atoms with van der Waals surface area (Å²) >= 11 is 0. The molecule has 1 heterocycles. The minimum absolute atomic E-state index is 0.106. The summed E-state index contributed by atoms with van der Waals surface area (Å²) in [5, 5.41) is 6.64. The lowest BCUT2D eigenvalue weighted by Gasteiger charge is -2.23. The van der Waals surface area contributed by atoms with Gasteiger partial charge in [0.05, 0.1) is 18.9 Å². The Morgan fingerprint density at radius 1 is 1.22 bits per heavy atom. The van der Waals surface area contributed by atoms with E-state index in [1.165, 1.54) is 0 Å². The third-order valence-electron chi connectivity index (χ3n) is 4.04. The molecule has 27 heavy (non-hydrogen) atoms. The van der Waals surface area contributed by atoms with Gasteiger partial charge in [0, 0.05) is 45.5 Å². The van der Waals surface area contributed by atoms with E-state index < -0.39 is 0 Å². The molecule has 1 aromatic carbocycles. The van der Waals surface area contributed by atoms with Crippen molar-refractivity contribution < 1.29 is 13.9 Å². The predicted octanol–water partition coefficient (Wildman–Crippen LogP) is 2.99. The largest absolute Gasteiger partial charge is 0.493 e. The van der Waals surface area contributed by atoms with E-state index in [9.17, 15) is 0 Å². The summed E-state index contributed by atoms with van der Waals surface area (Å²) in [7, 11) is 7.48. The number of hydrogen-bond donors (Lipinski definition) is 2. The highest BCUT2D eigenvalue weighted by Gasteiger charge is 2.17. The summed E-state index contributed by atoms with van der Waals surface area (Å²) < 4.78 is 16.3. The van der Waals surface area contributed by atoms with Gasteiger partial charge in [0.2, 0.25) is 0 Å². The van der Waals surface area contributed by atoms with Crippen LogP contribution in [-0.2, 0) is 4.74 Å². The molecule has 0 spiro atoms. The number of nitrogens with one attached hydrogen (secondary N) is 2. The van der Waals surface area contributed by atoms with Crippen molar-refractivity contribution in [2.45, 2.75) is 12.5 Å². The number of ether oxygens (including phenoxy) is 2.